The fourth-order valence-corrected chi connectivity index (χ4v) is 2.73. The maximum atomic E-state index is 12.1. The molecule has 0 bridgehead atoms. The van der Waals surface area contributed by atoms with E-state index < -0.39 is 0 Å². The molecule has 1 aromatic heterocycles. The molecule has 0 unspecified atom stereocenters. The summed E-state index contributed by atoms with van der Waals surface area (Å²) in [6, 6.07) is 0.751. The van der Waals surface area contributed by atoms with E-state index in [4.69, 9.17) is 0 Å². The number of aromatic nitrogens is 2. The standard InChI is InChI=1S/C14H23N5O/c1-2-18(11-4-5-11)9-7-15-13(20)12-10-19-8-3-6-16-14(19)17-12/h10-11H,2-9H2,1H3,(H,15,20)(H,16,17). The molecule has 3 rings (SSSR count). The van der Waals surface area contributed by atoms with Gasteiger partial charge in [0.2, 0.25) is 5.95 Å². The lowest BCUT2D eigenvalue weighted by Gasteiger charge is -2.19. The second-order valence-electron chi connectivity index (χ2n) is 5.54. The summed E-state index contributed by atoms with van der Waals surface area (Å²) in [6.45, 7) is 6.73. The first-order chi connectivity index (χ1) is 9.78. The second-order valence-corrected chi connectivity index (χ2v) is 5.54. The Morgan fingerprint density at radius 2 is 2.45 bits per heavy atom. The van der Waals surface area contributed by atoms with Crippen molar-refractivity contribution >= 4 is 11.9 Å². The maximum Gasteiger partial charge on any atom is 0.271 e. The van der Waals surface area contributed by atoms with Crippen molar-refractivity contribution in [2.45, 2.75) is 38.8 Å². The normalized spacial score (nSPS) is 17.7. The number of imidazole rings is 1. The zero-order valence-corrected chi connectivity index (χ0v) is 12.1. The molecule has 0 saturated heterocycles. The third kappa shape index (κ3) is 2.95. The van der Waals surface area contributed by atoms with Gasteiger partial charge in [-0.25, -0.2) is 4.98 Å². The van der Waals surface area contributed by atoms with Crippen LogP contribution in [-0.2, 0) is 6.54 Å². The van der Waals surface area contributed by atoms with Crippen molar-refractivity contribution in [3.8, 4) is 0 Å². The summed E-state index contributed by atoms with van der Waals surface area (Å²) in [5, 5.41) is 6.18. The average molecular weight is 277 g/mol. The molecule has 1 fully saturated rings. The van der Waals surface area contributed by atoms with Gasteiger partial charge in [0.1, 0.15) is 5.69 Å². The third-order valence-corrected chi connectivity index (χ3v) is 4.02. The van der Waals surface area contributed by atoms with Crippen LogP contribution < -0.4 is 10.6 Å². The molecule has 0 spiro atoms. The molecule has 2 heterocycles. The van der Waals surface area contributed by atoms with E-state index in [0.29, 0.717) is 12.2 Å². The van der Waals surface area contributed by atoms with Gasteiger partial charge >= 0.3 is 0 Å². The molecule has 6 nitrogen and oxygen atoms in total. The van der Waals surface area contributed by atoms with Gasteiger partial charge in [0, 0.05) is 38.4 Å². The number of amides is 1. The Morgan fingerprint density at radius 1 is 1.60 bits per heavy atom. The number of carbonyl (C=O) groups excluding carboxylic acids is 1. The van der Waals surface area contributed by atoms with E-state index >= 15 is 0 Å². The van der Waals surface area contributed by atoms with Gasteiger partial charge in [-0.15, -0.1) is 0 Å². The van der Waals surface area contributed by atoms with Crippen LogP contribution in [0.2, 0.25) is 0 Å². The van der Waals surface area contributed by atoms with Gasteiger partial charge in [0.05, 0.1) is 0 Å². The first-order valence-corrected chi connectivity index (χ1v) is 7.61. The van der Waals surface area contributed by atoms with E-state index in [1.807, 2.05) is 10.8 Å². The molecule has 0 aromatic carbocycles. The molecule has 1 aliphatic heterocycles. The molecule has 1 saturated carbocycles. The predicted molar refractivity (Wildman–Crippen MR) is 77.9 cm³/mol. The van der Waals surface area contributed by atoms with E-state index in [0.717, 1.165) is 44.6 Å². The average Bonchev–Trinajstić information content (AvgIpc) is 3.21. The number of rotatable bonds is 6. The lowest BCUT2D eigenvalue weighted by molar-refractivity contribution is 0.0943. The summed E-state index contributed by atoms with van der Waals surface area (Å²) in [7, 11) is 0. The van der Waals surface area contributed by atoms with Crippen LogP contribution in [0.4, 0.5) is 5.95 Å². The zero-order valence-electron chi connectivity index (χ0n) is 12.1. The van der Waals surface area contributed by atoms with Crippen molar-refractivity contribution in [1.29, 1.82) is 0 Å². The Balaban J connectivity index is 1.50. The largest absolute Gasteiger partial charge is 0.356 e. The summed E-state index contributed by atoms with van der Waals surface area (Å²) in [6.07, 6.45) is 5.54. The Kier molecular flexibility index (Phi) is 3.91. The summed E-state index contributed by atoms with van der Waals surface area (Å²) in [5.41, 5.74) is 0.517. The highest BCUT2D eigenvalue weighted by molar-refractivity contribution is 5.92. The number of hydrogen-bond acceptors (Lipinski definition) is 4. The fourth-order valence-electron chi connectivity index (χ4n) is 2.73. The highest BCUT2D eigenvalue weighted by Gasteiger charge is 2.27. The van der Waals surface area contributed by atoms with Crippen LogP contribution in [0.15, 0.2) is 6.20 Å². The molecule has 0 radical (unpaired) electrons. The molecule has 1 aliphatic carbocycles. The quantitative estimate of drug-likeness (QED) is 0.811. The molecule has 20 heavy (non-hydrogen) atoms. The summed E-state index contributed by atoms with van der Waals surface area (Å²) in [5.74, 6) is 0.745. The second kappa shape index (κ2) is 5.83. The molecular formula is C14H23N5O. The van der Waals surface area contributed by atoms with Crippen molar-refractivity contribution < 1.29 is 4.79 Å². The van der Waals surface area contributed by atoms with Gasteiger partial charge in [-0.2, -0.15) is 0 Å². The van der Waals surface area contributed by atoms with Crippen LogP contribution in [0.25, 0.3) is 0 Å². The first-order valence-electron chi connectivity index (χ1n) is 7.61. The minimum absolute atomic E-state index is 0.0689. The van der Waals surface area contributed by atoms with Crippen LogP contribution in [0.5, 0.6) is 0 Å². The van der Waals surface area contributed by atoms with Crippen LogP contribution in [0.1, 0.15) is 36.7 Å². The van der Waals surface area contributed by atoms with Gasteiger partial charge in [-0.3, -0.25) is 9.69 Å². The van der Waals surface area contributed by atoms with E-state index in [1.165, 1.54) is 12.8 Å². The molecular weight excluding hydrogens is 254 g/mol. The summed E-state index contributed by atoms with van der Waals surface area (Å²) >= 11 is 0. The van der Waals surface area contributed by atoms with Gasteiger partial charge in [0.15, 0.2) is 0 Å². The number of nitrogens with zero attached hydrogens (tertiary/aromatic N) is 3. The van der Waals surface area contributed by atoms with Crippen LogP contribution in [-0.4, -0.2) is 52.6 Å². The number of aryl methyl sites for hydroxylation is 1. The van der Waals surface area contributed by atoms with Crippen LogP contribution >= 0.6 is 0 Å². The van der Waals surface area contributed by atoms with Crippen molar-refractivity contribution in [2.24, 2.45) is 0 Å². The number of anilines is 1. The summed E-state index contributed by atoms with van der Waals surface area (Å²) < 4.78 is 2.01. The highest BCUT2D eigenvalue weighted by atomic mass is 16.1. The first kappa shape index (κ1) is 13.4. The number of hydrogen-bond donors (Lipinski definition) is 2. The van der Waals surface area contributed by atoms with Crippen molar-refractivity contribution in [3.63, 3.8) is 0 Å². The summed E-state index contributed by atoms with van der Waals surface area (Å²) in [4.78, 5) is 18.9. The molecule has 0 atom stereocenters. The lowest BCUT2D eigenvalue weighted by atomic mass is 10.4. The minimum Gasteiger partial charge on any atom is -0.356 e. The lowest BCUT2D eigenvalue weighted by Crippen LogP contribution is -2.36. The van der Waals surface area contributed by atoms with Gasteiger partial charge in [-0.05, 0) is 25.8 Å². The molecule has 2 N–H and O–H groups in total. The van der Waals surface area contributed by atoms with Gasteiger partial charge in [-0.1, -0.05) is 6.92 Å². The van der Waals surface area contributed by atoms with E-state index in [9.17, 15) is 4.79 Å². The molecule has 1 aromatic rings. The highest BCUT2D eigenvalue weighted by Crippen LogP contribution is 2.25. The fraction of sp³-hybridized carbons (Fsp3) is 0.714. The Hall–Kier alpha value is -1.56. The Morgan fingerprint density at radius 3 is 3.15 bits per heavy atom. The zero-order chi connectivity index (χ0) is 13.9. The Labute approximate surface area is 119 Å². The number of likely N-dealkylation sites (N-methyl/N-ethyl adjacent to an activating group) is 1. The monoisotopic (exact) mass is 277 g/mol. The van der Waals surface area contributed by atoms with Crippen molar-refractivity contribution in [3.05, 3.63) is 11.9 Å². The number of fused-ring (bicyclic) bond motifs is 1. The third-order valence-electron chi connectivity index (χ3n) is 4.02. The smallest absolute Gasteiger partial charge is 0.271 e. The van der Waals surface area contributed by atoms with Crippen LogP contribution in [0.3, 0.4) is 0 Å². The molecule has 2 aliphatic rings. The molecule has 6 heteroatoms. The van der Waals surface area contributed by atoms with Gasteiger partial charge in [0.25, 0.3) is 5.91 Å². The number of carbonyl (C=O) groups is 1. The predicted octanol–water partition coefficient (Wildman–Crippen LogP) is 0.913. The SMILES string of the molecule is CCN(CCNC(=O)c1cn2c(n1)NCCC2)C1CC1. The van der Waals surface area contributed by atoms with Crippen molar-refractivity contribution in [1.82, 2.24) is 19.8 Å². The molecule has 1 amide bonds. The van der Waals surface area contributed by atoms with E-state index in [-0.39, 0.29) is 5.91 Å². The topological polar surface area (TPSA) is 62.2 Å². The Bertz CT molecular complexity index is 456. The van der Waals surface area contributed by atoms with Crippen molar-refractivity contribution in [2.75, 3.05) is 31.5 Å². The maximum absolute atomic E-state index is 12.1. The van der Waals surface area contributed by atoms with E-state index in [2.05, 4.69) is 27.4 Å². The number of nitrogens with one attached hydrogen (secondary N) is 2. The van der Waals surface area contributed by atoms with E-state index in [1.54, 1.807) is 0 Å². The van der Waals surface area contributed by atoms with Crippen LogP contribution in [0, 0.1) is 0 Å². The minimum atomic E-state index is -0.0689. The van der Waals surface area contributed by atoms with Gasteiger partial charge < -0.3 is 15.2 Å². The molecule has 110 valence electrons.